The zero-order chi connectivity index (χ0) is 14.4. The lowest BCUT2D eigenvalue weighted by atomic mass is 9.99. The normalized spacial score (nSPS) is 17.2. The van der Waals surface area contributed by atoms with E-state index in [1.165, 1.54) is 11.1 Å². The van der Waals surface area contributed by atoms with Crippen molar-refractivity contribution < 1.29 is 9.47 Å². The molecule has 1 aromatic carbocycles. The maximum Gasteiger partial charge on any atom is 0.105 e. The molecule has 3 heteroatoms. The molecule has 1 aliphatic heterocycles. The van der Waals surface area contributed by atoms with Gasteiger partial charge in [-0.2, -0.15) is 0 Å². The summed E-state index contributed by atoms with van der Waals surface area (Å²) in [5.74, 6) is 1.25. The lowest BCUT2D eigenvalue weighted by molar-refractivity contribution is -0.135. The molecule has 0 aromatic heterocycles. The van der Waals surface area contributed by atoms with Gasteiger partial charge in [0, 0.05) is 6.54 Å². The second-order valence-electron chi connectivity index (χ2n) is 6.17. The summed E-state index contributed by atoms with van der Waals surface area (Å²) in [7, 11) is 0. The molecule has 2 rings (SSSR count). The molecule has 112 valence electrons. The standard InChI is InChI=1S/C17H27NO2/c1-13(2)8-18-9-14(3)16-6-4-15(5-7-16)10-20-17-11-19-12-17/h4-7,13-14,17-18H,8-12H2,1-3H3. The molecule has 1 saturated heterocycles. The maximum absolute atomic E-state index is 5.72. The quantitative estimate of drug-likeness (QED) is 0.792. The lowest BCUT2D eigenvalue weighted by Crippen LogP contribution is -2.35. The van der Waals surface area contributed by atoms with Crippen molar-refractivity contribution in [2.75, 3.05) is 26.3 Å². The molecule has 0 aliphatic carbocycles. The van der Waals surface area contributed by atoms with E-state index in [9.17, 15) is 0 Å². The molecule has 20 heavy (non-hydrogen) atoms. The summed E-state index contributed by atoms with van der Waals surface area (Å²) in [4.78, 5) is 0. The third-order valence-corrected chi connectivity index (χ3v) is 3.65. The smallest absolute Gasteiger partial charge is 0.105 e. The van der Waals surface area contributed by atoms with E-state index in [1.54, 1.807) is 0 Å². The third-order valence-electron chi connectivity index (χ3n) is 3.65. The van der Waals surface area contributed by atoms with Gasteiger partial charge in [0.1, 0.15) is 6.10 Å². The van der Waals surface area contributed by atoms with Crippen LogP contribution >= 0.6 is 0 Å². The number of rotatable bonds is 8. The Balaban J connectivity index is 1.74. The highest BCUT2D eigenvalue weighted by Crippen LogP contribution is 2.16. The predicted octanol–water partition coefficient (Wildman–Crippen LogP) is 2.95. The SMILES string of the molecule is CC(C)CNCC(C)c1ccc(COC2COC2)cc1. The van der Waals surface area contributed by atoms with Crippen LogP contribution in [-0.4, -0.2) is 32.4 Å². The van der Waals surface area contributed by atoms with E-state index >= 15 is 0 Å². The van der Waals surface area contributed by atoms with Crippen molar-refractivity contribution in [3.63, 3.8) is 0 Å². The van der Waals surface area contributed by atoms with E-state index < -0.39 is 0 Å². The number of hydrogen-bond donors (Lipinski definition) is 1. The highest BCUT2D eigenvalue weighted by molar-refractivity contribution is 5.25. The van der Waals surface area contributed by atoms with Gasteiger partial charge in [-0.1, -0.05) is 45.0 Å². The van der Waals surface area contributed by atoms with Gasteiger partial charge in [-0.25, -0.2) is 0 Å². The van der Waals surface area contributed by atoms with Gasteiger partial charge in [0.05, 0.1) is 19.8 Å². The Morgan fingerprint density at radius 1 is 1.15 bits per heavy atom. The fourth-order valence-electron chi connectivity index (χ4n) is 2.17. The Morgan fingerprint density at radius 3 is 2.40 bits per heavy atom. The Morgan fingerprint density at radius 2 is 1.85 bits per heavy atom. The van der Waals surface area contributed by atoms with E-state index in [4.69, 9.17) is 9.47 Å². The molecule has 0 saturated carbocycles. The van der Waals surface area contributed by atoms with Gasteiger partial charge in [0.15, 0.2) is 0 Å². The van der Waals surface area contributed by atoms with Gasteiger partial charge in [0.2, 0.25) is 0 Å². The second kappa shape index (κ2) is 7.77. The van der Waals surface area contributed by atoms with E-state index in [-0.39, 0.29) is 0 Å². The lowest BCUT2D eigenvalue weighted by Gasteiger charge is -2.26. The van der Waals surface area contributed by atoms with Crippen molar-refractivity contribution in [2.45, 2.75) is 39.4 Å². The van der Waals surface area contributed by atoms with Crippen molar-refractivity contribution in [1.82, 2.24) is 5.32 Å². The summed E-state index contributed by atoms with van der Waals surface area (Å²) in [6, 6.07) is 8.79. The van der Waals surface area contributed by atoms with Crippen LogP contribution in [0.15, 0.2) is 24.3 Å². The minimum absolute atomic E-state index is 0.300. The topological polar surface area (TPSA) is 30.5 Å². The summed E-state index contributed by atoms with van der Waals surface area (Å²) in [5.41, 5.74) is 2.62. The van der Waals surface area contributed by atoms with Crippen molar-refractivity contribution in [2.24, 2.45) is 5.92 Å². The first kappa shape index (κ1) is 15.5. The van der Waals surface area contributed by atoms with E-state index in [2.05, 4.69) is 50.4 Å². The fourth-order valence-corrected chi connectivity index (χ4v) is 2.17. The van der Waals surface area contributed by atoms with Crippen LogP contribution in [0.3, 0.4) is 0 Å². The van der Waals surface area contributed by atoms with Crippen molar-refractivity contribution in [3.05, 3.63) is 35.4 Å². The van der Waals surface area contributed by atoms with E-state index in [0.29, 0.717) is 24.5 Å². The van der Waals surface area contributed by atoms with Gasteiger partial charge in [-0.15, -0.1) is 0 Å². The molecule has 1 atom stereocenters. The molecule has 1 N–H and O–H groups in total. The second-order valence-corrected chi connectivity index (χ2v) is 6.17. The van der Waals surface area contributed by atoms with Crippen LogP contribution in [0.5, 0.6) is 0 Å². The number of nitrogens with one attached hydrogen (secondary N) is 1. The summed E-state index contributed by atoms with van der Waals surface area (Å²) in [6.07, 6.45) is 0.300. The van der Waals surface area contributed by atoms with Gasteiger partial charge >= 0.3 is 0 Å². The zero-order valence-corrected chi connectivity index (χ0v) is 12.9. The van der Waals surface area contributed by atoms with Crippen LogP contribution < -0.4 is 5.32 Å². The van der Waals surface area contributed by atoms with Crippen LogP contribution in [-0.2, 0) is 16.1 Å². The first-order valence-corrected chi connectivity index (χ1v) is 7.64. The Hall–Kier alpha value is -0.900. The molecular weight excluding hydrogens is 250 g/mol. The van der Waals surface area contributed by atoms with Crippen molar-refractivity contribution in [3.8, 4) is 0 Å². The molecule has 0 amide bonds. The number of ether oxygens (including phenoxy) is 2. The first-order valence-electron chi connectivity index (χ1n) is 7.64. The minimum atomic E-state index is 0.300. The van der Waals surface area contributed by atoms with Gasteiger partial charge < -0.3 is 14.8 Å². The van der Waals surface area contributed by atoms with Crippen LogP contribution in [0, 0.1) is 5.92 Å². The molecule has 1 heterocycles. The number of benzene rings is 1. The molecule has 1 aromatic rings. The fraction of sp³-hybridized carbons (Fsp3) is 0.647. The highest BCUT2D eigenvalue weighted by atomic mass is 16.6. The summed E-state index contributed by atoms with van der Waals surface area (Å²) < 4.78 is 10.8. The molecule has 1 aliphatic rings. The predicted molar refractivity (Wildman–Crippen MR) is 82.0 cm³/mol. The highest BCUT2D eigenvalue weighted by Gasteiger charge is 2.18. The monoisotopic (exact) mass is 277 g/mol. The molecule has 0 bridgehead atoms. The Kier molecular flexibility index (Phi) is 6.02. The molecule has 0 spiro atoms. The number of hydrogen-bond acceptors (Lipinski definition) is 3. The van der Waals surface area contributed by atoms with Gasteiger partial charge in [0.25, 0.3) is 0 Å². The average Bonchev–Trinajstić information content (AvgIpc) is 2.37. The van der Waals surface area contributed by atoms with Crippen LogP contribution in [0.4, 0.5) is 0 Å². The van der Waals surface area contributed by atoms with Gasteiger partial charge in [-0.05, 0) is 29.5 Å². The van der Waals surface area contributed by atoms with Crippen molar-refractivity contribution >= 4 is 0 Å². The van der Waals surface area contributed by atoms with Crippen LogP contribution in [0.25, 0.3) is 0 Å². The molecule has 1 fully saturated rings. The zero-order valence-electron chi connectivity index (χ0n) is 12.9. The first-order chi connectivity index (χ1) is 9.65. The molecular formula is C17H27NO2. The molecule has 0 radical (unpaired) electrons. The summed E-state index contributed by atoms with van der Waals surface area (Å²) >= 11 is 0. The van der Waals surface area contributed by atoms with Crippen molar-refractivity contribution in [1.29, 1.82) is 0 Å². The maximum atomic E-state index is 5.72. The van der Waals surface area contributed by atoms with Gasteiger partial charge in [-0.3, -0.25) is 0 Å². The van der Waals surface area contributed by atoms with Crippen LogP contribution in [0.1, 0.15) is 37.8 Å². The van der Waals surface area contributed by atoms with E-state index in [0.717, 1.165) is 26.3 Å². The Bertz CT molecular complexity index is 384. The minimum Gasteiger partial charge on any atom is -0.376 e. The molecule has 3 nitrogen and oxygen atoms in total. The average molecular weight is 277 g/mol. The molecule has 1 unspecified atom stereocenters. The third kappa shape index (κ3) is 4.89. The Labute approximate surface area is 122 Å². The summed E-state index contributed by atoms with van der Waals surface area (Å²) in [5, 5.41) is 3.51. The summed E-state index contributed by atoms with van der Waals surface area (Å²) in [6.45, 7) is 11.0. The van der Waals surface area contributed by atoms with Crippen LogP contribution in [0.2, 0.25) is 0 Å². The van der Waals surface area contributed by atoms with E-state index in [1.807, 2.05) is 0 Å². The largest absolute Gasteiger partial charge is 0.376 e.